The molecule has 14 heavy (non-hydrogen) atoms. The summed E-state index contributed by atoms with van der Waals surface area (Å²) >= 11 is 0. The van der Waals surface area contributed by atoms with Crippen molar-refractivity contribution in [2.45, 2.75) is 26.1 Å². The van der Waals surface area contributed by atoms with Gasteiger partial charge in [0.1, 0.15) is 0 Å². The highest BCUT2D eigenvalue weighted by molar-refractivity contribution is 5.20. The average molecular weight is 205 g/mol. The molecule has 1 heterocycles. The zero-order valence-electron chi connectivity index (χ0n) is 7.80. The number of pyridine rings is 1. The number of rotatable bonds is 2. The van der Waals surface area contributed by atoms with Crippen LogP contribution < -0.4 is 4.74 Å². The smallest absolute Gasteiger partial charge is 0.417 e. The molecule has 0 aliphatic carbocycles. The van der Waals surface area contributed by atoms with Crippen LogP contribution in [0.15, 0.2) is 18.3 Å². The molecule has 0 aromatic carbocycles. The molecule has 0 saturated heterocycles. The van der Waals surface area contributed by atoms with Gasteiger partial charge in [0.25, 0.3) is 0 Å². The maximum absolute atomic E-state index is 12.1. The van der Waals surface area contributed by atoms with Crippen molar-refractivity contribution < 1.29 is 17.9 Å². The first kappa shape index (κ1) is 10.8. The molecule has 0 unspecified atom stereocenters. The molecular weight excluding hydrogens is 195 g/mol. The third-order valence-corrected chi connectivity index (χ3v) is 1.42. The third kappa shape index (κ3) is 2.90. The van der Waals surface area contributed by atoms with Gasteiger partial charge in [0.15, 0.2) is 0 Å². The Bertz CT molecular complexity index is 292. The molecule has 1 aromatic rings. The van der Waals surface area contributed by atoms with Crippen molar-refractivity contribution in [3.63, 3.8) is 0 Å². The van der Waals surface area contributed by atoms with Crippen LogP contribution in [0, 0.1) is 0 Å². The molecule has 1 rings (SSSR count). The fraction of sp³-hybridized carbons (Fsp3) is 0.444. The molecule has 0 N–H and O–H groups in total. The van der Waals surface area contributed by atoms with E-state index in [9.17, 15) is 13.2 Å². The Balaban J connectivity index is 2.79. The lowest BCUT2D eigenvalue weighted by Gasteiger charge is -2.09. The molecule has 1 aromatic heterocycles. The molecule has 5 heteroatoms. The molecule has 0 aliphatic heterocycles. The van der Waals surface area contributed by atoms with E-state index in [4.69, 9.17) is 4.74 Å². The van der Waals surface area contributed by atoms with Crippen LogP contribution in [0.2, 0.25) is 0 Å². The second-order valence-electron chi connectivity index (χ2n) is 3.05. The van der Waals surface area contributed by atoms with Crippen LogP contribution in [0.5, 0.6) is 5.88 Å². The molecule has 0 atom stereocenters. The quantitative estimate of drug-likeness (QED) is 0.740. The largest absolute Gasteiger partial charge is 0.475 e. The number of ether oxygens (including phenoxy) is 1. The summed E-state index contributed by atoms with van der Waals surface area (Å²) in [6, 6.07) is 2.16. The lowest BCUT2D eigenvalue weighted by atomic mass is 10.3. The van der Waals surface area contributed by atoms with Crippen LogP contribution in [-0.2, 0) is 6.18 Å². The van der Waals surface area contributed by atoms with Gasteiger partial charge in [-0.15, -0.1) is 0 Å². The number of hydrogen-bond acceptors (Lipinski definition) is 2. The first-order valence-corrected chi connectivity index (χ1v) is 4.09. The van der Waals surface area contributed by atoms with Crippen LogP contribution in [0.25, 0.3) is 0 Å². The van der Waals surface area contributed by atoms with Gasteiger partial charge in [0.05, 0.1) is 11.7 Å². The summed E-state index contributed by atoms with van der Waals surface area (Å²) < 4.78 is 41.4. The van der Waals surface area contributed by atoms with Gasteiger partial charge in [-0.2, -0.15) is 13.2 Å². The maximum Gasteiger partial charge on any atom is 0.417 e. The van der Waals surface area contributed by atoms with Crippen molar-refractivity contribution in [1.29, 1.82) is 0 Å². The lowest BCUT2D eigenvalue weighted by Crippen LogP contribution is -2.09. The van der Waals surface area contributed by atoms with Gasteiger partial charge < -0.3 is 4.74 Å². The summed E-state index contributed by atoms with van der Waals surface area (Å²) in [6.45, 7) is 3.55. The van der Waals surface area contributed by atoms with E-state index in [1.54, 1.807) is 13.8 Å². The first-order chi connectivity index (χ1) is 6.39. The Labute approximate surface area is 79.7 Å². The van der Waals surface area contributed by atoms with Crippen LogP contribution in [0.3, 0.4) is 0 Å². The van der Waals surface area contributed by atoms with E-state index in [0.717, 1.165) is 12.3 Å². The normalized spacial score (nSPS) is 11.9. The molecule has 78 valence electrons. The minimum Gasteiger partial charge on any atom is -0.475 e. The van der Waals surface area contributed by atoms with Crippen molar-refractivity contribution in [1.82, 2.24) is 4.98 Å². The standard InChI is InChI=1S/C9H10F3NO/c1-6(2)14-8-4-3-7(5-13-8)9(10,11)12/h3-6H,1-2H3. The van der Waals surface area contributed by atoms with Gasteiger partial charge >= 0.3 is 6.18 Å². The average Bonchev–Trinajstić information content (AvgIpc) is 2.02. The Morgan fingerprint density at radius 1 is 1.29 bits per heavy atom. The maximum atomic E-state index is 12.1. The van der Waals surface area contributed by atoms with Gasteiger partial charge in [0.2, 0.25) is 5.88 Å². The molecule has 2 nitrogen and oxygen atoms in total. The van der Waals surface area contributed by atoms with Crippen LogP contribution in [0.4, 0.5) is 13.2 Å². The number of halogens is 3. The Morgan fingerprint density at radius 2 is 1.93 bits per heavy atom. The summed E-state index contributed by atoms with van der Waals surface area (Å²) in [6.07, 6.45) is -3.68. The molecule has 0 aliphatic rings. The summed E-state index contributed by atoms with van der Waals surface area (Å²) in [5.41, 5.74) is -0.770. The molecule has 0 saturated carbocycles. The number of alkyl halides is 3. The molecule has 0 bridgehead atoms. The fourth-order valence-electron chi connectivity index (χ4n) is 0.859. The third-order valence-electron chi connectivity index (χ3n) is 1.42. The van der Waals surface area contributed by atoms with Crippen molar-refractivity contribution >= 4 is 0 Å². The van der Waals surface area contributed by atoms with E-state index in [0.29, 0.717) is 0 Å². The van der Waals surface area contributed by atoms with Crippen molar-refractivity contribution in [3.8, 4) is 5.88 Å². The summed E-state index contributed by atoms with van der Waals surface area (Å²) in [7, 11) is 0. The molecule has 0 spiro atoms. The predicted octanol–water partition coefficient (Wildman–Crippen LogP) is 2.89. The van der Waals surface area contributed by atoms with Crippen molar-refractivity contribution in [2.75, 3.05) is 0 Å². The van der Waals surface area contributed by atoms with E-state index in [2.05, 4.69) is 4.98 Å². The second-order valence-corrected chi connectivity index (χ2v) is 3.05. The highest BCUT2D eigenvalue weighted by Crippen LogP contribution is 2.29. The summed E-state index contributed by atoms with van der Waals surface area (Å²) in [5.74, 6) is 0.202. The van der Waals surface area contributed by atoms with E-state index in [1.807, 2.05) is 0 Å². The van der Waals surface area contributed by atoms with Crippen molar-refractivity contribution in [3.05, 3.63) is 23.9 Å². The van der Waals surface area contributed by atoms with Crippen molar-refractivity contribution in [2.24, 2.45) is 0 Å². The zero-order valence-corrected chi connectivity index (χ0v) is 7.80. The van der Waals surface area contributed by atoms with E-state index in [-0.39, 0.29) is 12.0 Å². The van der Waals surface area contributed by atoms with Crippen LogP contribution in [-0.4, -0.2) is 11.1 Å². The Morgan fingerprint density at radius 3 is 2.29 bits per heavy atom. The zero-order chi connectivity index (χ0) is 10.8. The fourth-order valence-corrected chi connectivity index (χ4v) is 0.859. The topological polar surface area (TPSA) is 22.1 Å². The molecule has 0 amide bonds. The Kier molecular flexibility index (Phi) is 2.98. The highest BCUT2D eigenvalue weighted by atomic mass is 19.4. The number of nitrogens with zero attached hydrogens (tertiary/aromatic N) is 1. The summed E-state index contributed by atoms with van der Waals surface area (Å²) in [4.78, 5) is 3.54. The number of aromatic nitrogens is 1. The van der Waals surface area contributed by atoms with Gasteiger partial charge in [-0.25, -0.2) is 4.98 Å². The summed E-state index contributed by atoms with van der Waals surface area (Å²) in [5, 5.41) is 0. The van der Waals surface area contributed by atoms with Gasteiger partial charge in [-0.3, -0.25) is 0 Å². The molecule has 0 fully saturated rings. The monoisotopic (exact) mass is 205 g/mol. The van der Waals surface area contributed by atoms with Gasteiger partial charge in [0, 0.05) is 12.3 Å². The first-order valence-electron chi connectivity index (χ1n) is 4.09. The van der Waals surface area contributed by atoms with Gasteiger partial charge in [-0.05, 0) is 19.9 Å². The predicted molar refractivity (Wildman–Crippen MR) is 45.0 cm³/mol. The Hall–Kier alpha value is -1.26. The van der Waals surface area contributed by atoms with E-state index < -0.39 is 11.7 Å². The minimum atomic E-state index is -4.34. The number of hydrogen-bond donors (Lipinski definition) is 0. The lowest BCUT2D eigenvalue weighted by molar-refractivity contribution is -0.137. The molecule has 0 radical (unpaired) electrons. The molecular formula is C9H10F3NO. The van der Waals surface area contributed by atoms with E-state index >= 15 is 0 Å². The van der Waals surface area contributed by atoms with Crippen LogP contribution in [0.1, 0.15) is 19.4 Å². The SMILES string of the molecule is CC(C)Oc1ccc(C(F)(F)F)cn1. The highest BCUT2D eigenvalue weighted by Gasteiger charge is 2.30. The van der Waals surface area contributed by atoms with Gasteiger partial charge in [-0.1, -0.05) is 0 Å². The van der Waals surface area contributed by atoms with E-state index in [1.165, 1.54) is 6.07 Å². The second kappa shape index (κ2) is 3.86. The minimum absolute atomic E-state index is 0.0979. The van der Waals surface area contributed by atoms with Crippen LogP contribution >= 0.6 is 0 Å².